The Kier molecular flexibility index (Phi) is 15.2. The van der Waals surface area contributed by atoms with Gasteiger partial charge in [-0.2, -0.15) is 5.26 Å². The lowest BCUT2D eigenvalue weighted by Crippen LogP contribution is -2.70. The maximum atomic E-state index is 14.9. The summed E-state index contributed by atoms with van der Waals surface area (Å²) in [4.78, 5) is 31.4. The van der Waals surface area contributed by atoms with Crippen LogP contribution in [0.5, 0.6) is 28.7 Å². The van der Waals surface area contributed by atoms with Gasteiger partial charge in [-0.3, -0.25) is 14.6 Å². The topological polar surface area (TPSA) is 138 Å². The van der Waals surface area contributed by atoms with Gasteiger partial charge in [0.1, 0.15) is 38.2 Å². The number of rotatable bonds is 15. The molecule has 7 rings (SSSR count). The second-order valence-corrected chi connectivity index (χ2v) is 25.9. The van der Waals surface area contributed by atoms with Gasteiger partial charge in [-0.05, 0) is 66.7 Å². The number of carbonyl (C=O) groups excluding carboxylic acids is 2. The molecule has 4 aromatic carbocycles. The number of nitriles is 1. The SMILES string of the molecule is COc1c(C)cc2c(c1OCc1ccccc1)[C@H]1[C@H](CO[Si](C)(C)C(C)(C)C)N([C@@H](COC(C)=O)c3cc(OCc4ccccc4)c(C)c4c3OCO4)[C@@H](C#N)[C@@H](C2)N1C(=O)OCC(Cl)(Cl)Cl. The van der Waals surface area contributed by atoms with Crippen LogP contribution in [0.15, 0.2) is 72.8 Å². The minimum absolute atomic E-state index is 0.00734. The van der Waals surface area contributed by atoms with Gasteiger partial charge in [-0.1, -0.05) is 122 Å². The Morgan fingerprint density at radius 2 is 1.54 bits per heavy atom. The van der Waals surface area contributed by atoms with Crippen molar-refractivity contribution in [2.24, 2.45) is 0 Å². The summed E-state index contributed by atoms with van der Waals surface area (Å²) >= 11 is 18.6. The lowest BCUT2D eigenvalue weighted by molar-refractivity contribution is -0.146. The largest absolute Gasteiger partial charge is 0.493 e. The van der Waals surface area contributed by atoms with E-state index in [1.165, 1.54) is 6.92 Å². The predicted molar refractivity (Wildman–Crippen MR) is 258 cm³/mol. The van der Waals surface area contributed by atoms with Crippen molar-refractivity contribution in [3.63, 3.8) is 0 Å². The Morgan fingerprint density at radius 1 is 0.910 bits per heavy atom. The van der Waals surface area contributed by atoms with Crippen molar-refractivity contribution in [3.05, 3.63) is 112 Å². The van der Waals surface area contributed by atoms with Crippen molar-refractivity contribution in [2.75, 3.05) is 33.7 Å². The van der Waals surface area contributed by atoms with Crippen LogP contribution in [0.4, 0.5) is 4.79 Å². The molecule has 4 aromatic rings. The molecule has 5 atom stereocenters. The highest BCUT2D eigenvalue weighted by Gasteiger charge is 2.58. The third kappa shape index (κ3) is 10.7. The molecule has 358 valence electrons. The van der Waals surface area contributed by atoms with Crippen LogP contribution in [0.3, 0.4) is 0 Å². The van der Waals surface area contributed by atoms with Crippen LogP contribution in [0.2, 0.25) is 18.1 Å². The standard InChI is InChI=1S/C50H58Cl3N3O10Si/c1-30-20-35-21-37-38(23-54)55(39(26-60-32(3)57)36-22-41(31(2)45-46(36)65-29-64-45)61-24-33-16-12-10-13-17-33)40(27-66-67(8,9)49(4,5)6)43(56(37)48(58)63-28-50(51,52)53)42(35)47(44(30)59-7)62-25-34-18-14-11-15-19-34/h10-20,22,37-40,43H,21,24-29H2,1-9H3/t37-,38+,39+,40+,43-/m1/s1. The molecular formula is C50H58Cl3N3O10Si. The van der Waals surface area contributed by atoms with E-state index in [0.717, 1.165) is 22.3 Å². The zero-order chi connectivity index (χ0) is 48.4. The second kappa shape index (κ2) is 20.4. The average Bonchev–Trinajstić information content (AvgIpc) is 3.78. The molecule has 3 aliphatic heterocycles. The van der Waals surface area contributed by atoms with E-state index < -0.39 is 61.0 Å². The number of methoxy groups -OCH3 is 1. The number of esters is 1. The monoisotopic (exact) mass is 993 g/mol. The van der Waals surface area contributed by atoms with E-state index in [1.807, 2.05) is 91.5 Å². The quantitative estimate of drug-likeness (QED) is 0.0636. The Hall–Kier alpha value is -4.88. The average molecular weight is 995 g/mol. The number of aryl methyl sites for hydroxylation is 1. The minimum Gasteiger partial charge on any atom is -0.493 e. The zero-order valence-electron chi connectivity index (χ0n) is 39.3. The molecule has 0 aliphatic carbocycles. The summed E-state index contributed by atoms with van der Waals surface area (Å²) in [5, 5.41) is 11.4. The lowest BCUT2D eigenvalue weighted by Gasteiger charge is -2.58. The summed E-state index contributed by atoms with van der Waals surface area (Å²) in [5.41, 5.74) is 5.40. The van der Waals surface area contributed by atoms with Gasteiger partial charge >= 0.3 is 12.1 Å². The van der Waals surface area contributed by atoms with E-state index >= 15 is 0 Å². The fourth-order valence-corrected chi connectivity index (χ4v) is 10.1. The molecule has 0 spiro atoms. The van der Waals surface area contributed by atoms with Crippen LogP contribution in [-0.2, 0) is 38.3 Å². The summed E-state index contributed by atoms with van der Waals surface area (Å²) in [5.74, 6) is 1.74. The lowest BCUT2D eigenvalue weighted by atomic mass is 9.76. The van der Waals surface area contributed by atoms with Gasteiger partial charge in [-0.25, -0.2) is 4.79 Å². The smallest absolute Gasteiger partial charge is 0.410 e. The Morgan fingerprint density at radius 3 is 2.12 bits per heavy atom. The van der Waals surface area contributed by atoms with E-state index in [2.05, 4.69) is 39.9 Å². The van der Waals surface area contributed by atoms with Crippen LogP contribution in [0.25, 0.3) is 0 Å². The highest BCUT2D eigenvalue weighted by molar-refractivity contribution is 6.74. The fourth-order valence-electron chi connectivity index (χ4n) is 8.95. The van der Waals surface area contributed by atoms with Gasteiger partial charge in [0.05, 0.1) is 44.0 Å². The normalized spacial score (nSPS) is 19.5. The molecule has 1 amide bonds. The number of nitrogens with zero attached hydrogens (tertiary/aromatic N) is 3. The molecule has 1 fully saturated rings. The predicted octanol–water partition coefficient (Wildman–Crippen LogP) is 10.9. The number of amides is 1. The number of carbonyl (C=O) groups is 2. The number of alkyl halides is 3. The van der Waals surface area contributed by atoms with Crippen LogP contribution >= 0.6 is 34.8 Å². The molecule has 17 heteroatoms. The first-order valence-electron chi connectivity index (χ1n) is 22.2. The maximum absolute atomic E-state index is 14.9. The number of hydrogen-bond acceptors (Lipinski definition) is 12. The third-order valence-electron chi connectivity index (χ3n) is 13.2. The fraction of sp³-hybridized carbons (Fsp3) is 0.460. The Labute approximate surface area is 409 Å². The first kappa shape index (κ1) is 50.0. The van der Waals surface area contributed by atoms with E-state index in [-0.39, 0.29) is 44.7 Å². The van der Waals surface area contributed by atoms with Crippen LogP contribution in [0, 0.1) is 25.2 Å². The summed E-state index contributed by atoms with van der Waals surface area (Å²) in [6.45, 7) is 15.4. The van der Waals surface area contributed by atoms with Crippen LogP contribution in [0.1, 0.15) is 78.7 Å². The molecule has 0 aromatic heterocycles. The molecule has 1 saturated heterocycles. The van der Waals surface area contributed by atoms with E-state index in [1.54, 1.807) is 12.0 Å². The number of ether oxygens (including phenoxy) is 7. The molecule has 0 saturated carbocycles. The van der Waals surface area contributed by atoms with Crippen LogP contribution in [-0.4, -0.2) is 85.8 Å². The van der Waals surface area contributed by atoms with Gasteiger partial charge < -0.3 is 37.6 Å². The van der Waals surface area contributed by atoms with E-state index in [9.17, 15) is 14.9 Å². The van der Waals surface area contributed by atoms with Crippen molar-refractivity contribution in [2.45, 2.75) is 113 Å². The van der Waals surface area contributed by atoms with Gasteiger partial charge in [0.25, 0.3) is 0 Å². The first-order valence-corrected chi connectivity index (χ1v) is 26.2. The van der Waals surface area contributed by atoms with E-state index in [4.69, 9.17) is 72.4 Å². The molecule has 0 radical (unpaired) electrons. The summed E-state index contributed by atoms with van der Waals surface area (Å²) in [7, 11) is -1.03. The number of hydrogen-bond donors (Lipinski definition) is 0. The van der Waals surface area contributed by atoms with E-state index in [0.29, 0.717) is 45.4 Å². The van der Waals surface area contributed by atoms with Gasteiger partial charge in [0.15, 0.2) is 31.3 Å². The number of benzene rings is 4. The van der Waals surface area contributed by atoms with Crippen molar-refractivity contribution in [1.82, 2.24) is 9.80 Å². The molecule has 3 aliphatic rings. The second-order valence-electron chi connectivity index (χ2n) is 18.6. The summed E-state index contributed by atoms with van der Waals surface area (Å²) in [6.07, 6.45) is -0.623. The van der Waals surface area contributed by atoms with Gasteiger partial charge in [0, 0.05) is 23.6 Å². The van der Waals surface area contributed by atoms with Crippen molar-refractivity contribution >= 4 is 55.2 Å². The van der Waals surface area contributed by atoms with Crippen molar-refractivity contribution in [1.29, 1.82) is 5.26 Å². The number of piperazine rings is 1. The number of halogens is 3. The van der Waals surface area contributed by atoms with Gasteiger partial charge in [0.2, 0.25) is 10.6 Å². The Bertz CT molecular complexity index is 2480. The molecular weight excluding hydrogens is 937 g/mol. The molecule has 2 bridgehead atoms. The molecule has 13 nitrogen and oxygen atoms in total. The summed E-state index contributed by atoms with van der Waals surface area (Å²) < 4.78 is 48.9. The van der Waals surface area contributed by atoms with Crippen molar-refractivity contribution < 1.29 is 47.2 Å². The third-order valence-corrected chi connectivity index (χ3v) is 18.0. The molecule has 0 N–H and O–H groups in total. The molecule has 3 heterocycles. The molecule has 0 unspecified atom stereocenters. The number of fused-ring (bicyclic) bond motifs is 5. The Balaban J connectivity index is 1.49. The minimum atomic E-state index is -2.60. The zero-order valence-corrected chi connectivity index (χ0v) is 42.6. The highest BCUT2D eigenvalue weighted by atomic mass is 35.6. The first-order chi connectivity index (χ1) is 31.7. The highest BCUT2D eigenvalue weighted by Crippen LogP contribution is 2.55. The summed E-state index contributed by atoms with van der Waals surface area (Å²) in [6, 6.07) is 21.3. The maximum Gasteiger partial charge on any atom is 0.410 e. The molecule has 67 heavy (non-hydrogen) atoms. The van der Waals surface area contributed by atoms with Gasteiger partial charge in [-0.15, -0.1) is 0 Å². The van der Waals surface area contributed by atoms with Crippen molar-refractivity contribution in [3.8, 4) is 34.8 Å². The van der Waals surface area contributed by atoms with Crippen LogP contribution < -0.4 is 23.7 Å².